The van der Waals surface area contributed by atoms with Crippen LogP contribution in [0.3, 0.4) is 0 Å². The van der Waals surface area contributed by atoms with Crippen LogP contribution >= 0.6 is 15.9 Å². The Balaban J connectivity index is 1.31. The van der Waals surface area contributed by atoms with Gasteiger partial charge in [0.1, 0.15) is 36.4 Å². The zero-order valence-electron chi connectivity index (χ0n) is 20.5. The van der Waals surface area contributed by atoms with Crippen LogP contribution in [0.4, 0.5) is 11.4 Å². The Bertz CT molecular complexity index is 1530. The number of nitro groups is 1. The molecule has 4 aromatic rings. The predicted molar refractivity (Wildman–Crippen MR) is 151 cm³/mol. The van der Waals surface area contributed by atoms with Crippen molar-refractivity contribution in [3.05, 3.63) is 134 Å². The van der Waals surface area contributed by atoms with E-state index >= 15 is 0 Å². The number of amides is 1. The van der Waals surface area contributed by atoms with E-state index < -0.39 is 10.8 Å². The second-order valence-electron chi connectivity index (χ2n) is 8.35. The molecule has 0 heterocycles. The third kappa shape index (κ3) is 8.02. The number of ether oxygens (including phenoxy) is 2. The first-order chi connectivity index (χ1) is 18.9. The van der Waals surface area contributed by atoms with Crippen LogP contribution in [0.25, 0.3) is 6.08 Å². The van der Waals surface area contributed by atoms with Crippen molar-refractivity contribution in [3.63, 3.8) is 0 Å². The predicted octanol–water partition coefficient (Wildman–Crippen LogP) is 7.06. The monoisotopic (exact) mass is 583 g/mol. The number of hydrogen-bond donors (Lipinski definition) is 1. The highest BCUT2D eigenvalue weighted by atomic mass is 79.9. The summed E-state index contributed by atoms with van der Waals surface area (Å²) in [5.41, 5.74) is 2.81. The van der Waals surface area contributed by atoms with Gasteiger partial charge in [-0.05, 0) is 71.3 Å². The summed E-state index contributed by atoms with van der Waals surface area (Å²) in [6.45, 7) is 0.579. The molecule has 39 heavy (non-hydrogen) atoms. The maximum atomic E-state index is 12.7. The first kappa shape index (κ1) is 27.1. The van der Waals surface area contributed by atoms with E-state index in [1.807, 2.05) is 30.3 Å². The summed E-state index contributed by atoms with van der Waals surface area (Å²) in [4.78, 5) is 23.1. The van der Waals surface area contributed by atoms with Crippen molar-refractivity contribution in [2.75, 3.05) is 5.32 Å². The number of carbonyl (C=O) groups excluding carboxylic acids is 1. The van der Waals surface area contributed by atoms with Gasteiger partial charge < -0.3 is 14.8 Å². The summed E-state index contributed by atoms with van der Waals surface area (Å²) in [6.07, 6.45) is 1.48. The van der Waals surface area contributed by atoms with Gasteiger partial charge in [0.25, 0.3) is 11.6 Å². The second-order valence-corrected chi connectivity index (χ2v) is 9.26. The van der Waals surface area contributed by atoms with Crippen molar-refractivity contribution in [3.8, 4) is 17.6 Å². The van der Waals surface area contributed by atoms with Crippen LogP contribution in [-0.4, -0.2) is 10.8 Å². The van der Waals surface area contributed by atoms with E-state index in [9.17, 15) is 20.2 Å². The highest BCUT2D eigenvalue weighted by molar-refractivity contribution is 9.10. The molecule has 0 aromatic heterocycles. The number of benzene rings is 4. The molecule has 0 saturated heterocycles. The lowest BCUT2D eigenvalue weighted by Crippen LogP contribution is -2.13. The zero-order chi connectivity index (χ0) is 27.6. The molecule has 0 radical (unpaired) electrons. The third-order valence-corrected chi connectivity index (χ3v) is 6.04. The first-order valence-electron chi connectivity index (χ1n) is 11.8. The second kappa shape index (κ2) is 13.0. The van der Waals surface area contributed by atoms with Crippen molar-refractivity contribution in [2.45, 2.75) is 13.2 Å². The minimum Gasteiger partial charge on any atom is -0.489 e. The van der Waals surface area contributed by atoms with Crippen molar-refractivity contribution in [1.29, 1.82) is 5.26 Å². The van der Waals surface area contributed by atoms with Crippen LogP contribution < -0.4 is 14.8 Å². The standard InChI is InChI=1S/C30H22BrN3O5/c31-25-8-4-22(5-9-25)19-38-29-14-10-26(11-15-29)33-30(35)24(18-32)16-21-6-12-28(13-7-21)39-20-23-2-1-3-27(17-23)34(36)37/h1-17H,19-20H2,(H,33,35)/b24-16+. The molecule has 0 aliphatic heterocycles. The number of halogens is 1. The lowest BCUT2D eigenvalue weighted by molar-refractivity contribution is -0.384. The van der Waals surface area contributed by atoms with Gasteiger partial charge in [0.2, 0.25) is 0 Å². The Morgan fingerprint density at radius 3 is 2.13 bits per heavy atom. The Kier molecular flexibility index (Phi) is 9.06. The number of rotatable bonds is 10. The van der Waals surface area contributed by atoms with E-state index in [4.69, 9.17) is 9.47 Å². The first-order valence-corrected chi connectivity index (χ1v) is 12.6. The maximum absolute atomic E-state index is 12.7. The summed E-state index contributed by atoms with van der Waals surface area (Å²) < 4.78 is 12.5. The minimum absolute atomic E-state index is 0.000112. The smallest absolute Gasteiger partial charge is 0.269 e. The fourth-order valence-electron chi connectivity index (χ4n) is 3.48. The number of carbonyl (C=O) groups is 1. The molecular formula is C30H22BrN3O5. The number of nitrogens with one attached hydrogen (secondary N) is 1. The number of anilines is 1. The third-order valence-electron chi connectivity index (χ3n) is 5.51. The fourth-order valence-corrected chi connectivity index (χ4v) is 3.75. The normalized spacial score (nSPS) is 10.8. The molecule has 8 nitrogen and oxygen atoms in total. The molecule has 0 bridgehead atoms. The van der Waals surface area contributed by atoms with Crippen LogP contribution in [0, 0.1) is 21.4 Å². The molecule has 0 aliphatic rings. The van der Waals surface area contributed by atoms with Gasteiger partial charge in [0, 0.05) is 22.3 Å². The van der Waals surface area contributed by atoms with Crippen LogP contribution in [-0.2, 0) is 18.0 Å². The lowest BCUT2D eigenvalue weighted by atomic mass is 10.1. The molecule has 0 spiro atoms. The Morgan fingerprint density at radius 1 is 0.897 bits per heavy atom. The summed E-state index contributed by atoms with van der Waals surface area (Å²) in [6, 6.07) is 29.7. The van der Waals surface area contributed by atoms with Crippen molar-refractivity contribution < 1.29 is 19.2 Å². The van der Waals surface area contributed by atoms with E-state index in [-0.39, 0.29) is 17.9 Å². The molecule has 0 saturated carbocycles. The highest BCUT2D eigenvalue weighted by Crippen LogP contribution is 2.21. The fraction of sp³-hybridized carbons (Fsp3) is 0.0667. The molecule has 4 aromatic carbocycles. The highest BCUT2D eigenvalue weighted by Gasteiger charge is 2.10. The number of hydrogen-bond acceptors (Lipinski definition) is 6. The molecule has 1 N–H and O–H groups in total. The van der Waals surface area contributed by atoms with Crippen LogP contribution in [0.5, 0.6) is 11.5 Å². The Morgan fingerprint density at radius 2 is 1.51 bits per heavy atom. The van der Waals surface area contributed by atoms with Gasteiger partial charge in [-0.2, -0.15) is 5.26 Å². The average molecular weight is 584 g/mol. The van der Waals surface area contributed by atoms with Crippen LogP contribution in [0.1, 0.15) is 16.7 Å². The Labute approximate surface area is 233 Å². The van der Waals surface area contributed by atoms with Crippen LogP contribution in [0.15, 0.2) is 107 Å². The molecule has 0 unspecified atom stereocenters. The van der Waals surface area contributed by atoms with Crippen LogP contribution in [0.2, 0.25) is 0 Å². The largest absolute Gasteiger partial charge is 0.489 e. The quantitative estimate of drug-likeness (QED) is 0.0924. The topological polar surface area (TPSA) is 114 Å². The van der Waals surface area contributed by atoms with Crippen molar-refractivity contribution >= 4 is 39.3 Å². The molecule has 9 heteroatoms. The van der Waals surface area contributed by atoms with E-state index in [1.165, 1.54) is 18.2 Å². The molecule has 0 aliphatic carbocycles. The molecule has 1 amide bonds. The van der Waals surface area contributed by atoms with Gasteiger partial charge in [-0.15, -0.1) is 0 Å². The zero-order valence-corrected chi connectivity index (χ0v) is 22.1. The lowest BCUT2D eigenvalue weighted by Gasteiger charge is -2.09. The summed E-state index contributed by atoms with van der Waals surface area (Å²) in [7, 11) is 0. The summed E-state index contributed by atoms with van der Waals surface area (Å²) >= 11 is 3.40. The maximum Gasteiger partial charge on any atom is 0.269 e. The van der Waals surface area contributed by atoms with E-state index in [2.05, 4.69) is 21.2 Å². The van der Waals surface area contributed by atoms with Gasteiger partial charge in [0.15, 0.2) is 0 Å². The summed E-state index contributed by atoms with van der Waals surface area (Å²) in [5.74, 6) is 0.663. The number of nitriles is 1. The van der Waals surface area contributed by atoms with Gasteiger partial charge in [-0.25, -0.2) is 0 Å². The molecule has 0 fully saturated rings. The van der Waals surface area contributed by atoms with Crippen molar-refractivity contribution in [1.82, 2.24) is 0 Å². The van der Waals surface area contributed by atoms with E-state index in [0.717, 1.165) is 10.0 Å². The number of nitro benzene ring substituents is 1. The SMILES string of the molecule is N#C/C(=C\c1ccc(OCc2cccc([N+](=O)[O-])c2)cc1)C(=O)Nc1ccc(OCc2ccc(Br)cc2)cc1. The van der Waals surface area contributed by atoms with E-state index in [0.29, 0.717) is 34.9 Å². The molecule has 194 valence electrons. The van der Waals surface area contributed by atoms with Gasteiger partial charge >= 0.3 is 0 Å². The summed E-state index contributed by atoms with van der Waals surface area (Å²) in [5, 5.41) is 23.2. The minimum atomic E-state index is -0.535. The van der Waals surface area contributed by atoms with Gasteiger partial charge in [-0.1, -0.05) is 52.3 Å². The van der Waals surface area contributed by atoms with Gasteiger partial charge in [-0.3, -0.25) is 14.9 Å². The number of nitrogens with zero attached hydrogens (tertiary/aromatic N) is 2. The molecule has 4 rings (SSSR count). The molecule has 0 atom stereocenters. The molecular weight excluding hydrogens is 562 g/mol. The average Bonchev–Trinajstić information content (AvgIpc) is 2.96. The van der Waals surface area contributed by atoms with Crippen molar-refractivity contribution in [2.24, 2.45) is 0 Å². The number of non-ortho nitro benzene ring substituents is 1. The Hall–Kier alpha value is -4.94. The van der Waals surface area contributed by atoms with Gasteiger partial charge in [0.05, 0.1) is 4.92 Å². The van der Waals surface area contributed by atoms with E-state index in [1.54, 1.807) is 60.7 Å².